The molecule has 0 N–H and O–H groups in total. The summed E-state index contributed by atoms with van der Waals surface area (Å²) in [5.74, 6) is 0. The average Bonchev–Trinajstić information content (AvgIpc) is 3.15. The van der Waals surface area contributed by atoms with Crippen LogP contribution < -0.4 is 0 Å². The van der Waals surface area contributed by atoms with Gasteiger partial charge in [-0.05, 0) is 13.8 Å². The van der Waals surface area contributed by atoms with Gasteiger partial charge in [0.05, 0.1) is 0 Å². The van der Waals surface area contributed by atoms with Crippen LogP contribution >= 0.6 is 17.0 Å². The van der Waals surface area contributed by atoms with E-state index in [2.05, 4.69) is 88.4 Å². The largest absolute Gasteiger partial charge is 0.165 e. The Balaban J connectivity index is 0.000000157. The molecule has 0 amide bonds. The zero-order chi connectivity index (χ0) is 20.0. The maximum absolute atomic E-state index is 5.37. The van der Waals surface area contributed by atoms with Crippen molar-refractivity contribution in [3.05, 3.63) is 82.9 Å². The summed E-state index contributed by atoms with van der Waals surface area (Å²) in [5, 5.41) is 5.44. The van der Waals surface area contributed by atoms with Crippen LogP contribution in [0.3, 0.4) is 0 Å². The molecule has 0 aliphatic carbocycles. The molecule has 0 saturated carbocycles. The predicted octanol–water partition coefficient (Wildman–Crippen LogP) is 8.09. The van der Waals surface area contributed by atoms with Crippen molar-refractivity contribution in [3.8, 4) is 0 Å². The molecule has 0 atom stereocenters. The predicted molar refractivity (Wildman–Crippen MR) is 121 cm³/mol. The van der Waals surface area contributed by atoms with Crippen LogP contribution in [0.15, 0.2) is 60.7 Å². The van der Waals surface area contributed by atoms with Gasteiger partial charge in [-0.3, -0.25) is 0 Å². The topological polar surface area (TPSA) is 0 Å². The minimum absolute atomic E-state index is 1.34. The third kappa shape index (κ3) is 7.15. The van der Waals surface area contributed by atoms with Crippen molar-refractivity contribution in [2.45, 2.75) is 34.6 Å². The summed E-state index contributed by atoms with van der Waals surface area (Å²) in [7, 11) is 10.7. The number of hydrogen-bond acceptors (Lipinski definition) is 0. The van der Waals surface area contributed by atoms with Crippen molar-refractivity contribution in [1.82, 2.24) is 0 Å². The van der Waals surface area contributed by atoms with Crippen LogP contribution in [0.25, 0.3) is 21.5 Å². The van der Waals surface area contributed by atoms with Crippen LogP contribution in [0.4, 0.5) is 0 Å². The molecule has 142 valence electrons. The van der Waals surface area contributed by atoms with Crippen LogP contribution in [0.2, 0.25) is 0 Å². The van der Waals surface area contributed by atoms with Crippen molar-refractivity contribution in [2.24, 2.45) is 0 Å². The number of rotatable bonds is 0. The van der Waals surface area contributed by atoms with Crippen molar-refractivity contribution >= 4 is 42.3 Å². The molecule has 0 heterocycles. The van der Waals surface area contributed by atoms with E-state index in [1.165, 1.54) is 43.8 Å². The molecule has 0 aliphatic heterocycles. The van der Waals surface area contributed by atoms with Gasteiger partial charge in [-0.25, -0.2) is 0 Å². The van der Waals surface area contributed by atoms with E-state index in [1.807, 2.05) is 10.6 Å². The Labute approximate surface area is 177 Å². The third-order valence-corrected chi connectivity index (χ3v) is 7.89. The number of hydrogen-bond donors (Lipinski definition) is 0. The average molecular weight is 477 g/mol. The van der Waals surface area contributed by atoms with Gasteiger partial charge in [-0.2, -0.15) is 12.1 Å². The van der Waals surface area contributed by atoms with Crippen LogP contribution in [0.5, 0.6) is 0 Å². The second kappa shape index (κ2) is 10.5. The summed E-state index contributed by atoms with van der Waals surface area (Å²) in [6.07, 6.45) is 0. The Hall–Kier alpha value is -1.01. The number of halogens is 2. The molecule has 4 rings (SSSR count). The van der Waals surface area contributed by atoms with E-state index >= 15 is 0 Å². The maximum atomic E-state index is 5.37. The molecule has 0 unspecified atom stereocenters. The first-order valence-corrected chi connectivity index (χ1v) is 16.8. The summed E-state index contributed by atoms with van der Waals surface area (Å²) in [6.45, 7) is 10.4. The zero-order valence-corrected chi connectivity index (χ0v) is 20.6. The molecular formula is C24H26Cl2Zr-2. The summed E-state index contributed by atoms with van der Waals surface area (Å²) in [6, 6.07) is 22.0. The molecule has 0 aliphatic rings. The number of aryl methyl sites for hydroxylation is 4. The number of fused-ring (bicyclic) bond motifs is 2. The molecule has 0 saturated heterocycles. The molecule has 4 aromatic rings. The fourth-order valence-electron chi connectivity index (χ4n) is 2.97. The first-order chi connectivity index (χ1) is 12.8. The second-order valence-electron chi connectivity index (χ2n) is 6.91. The summed E-state index contributed by atoms with van der Waals surface area (Å²) < 4.78 is 1.89. The Morgan fingerprint density at radius 2 is 1.07 bits per heavy atom. The molecular weight excluding hydrogens is 450 g/mol. The molecule has 4 aromatic carbocycles. The monoisotopic (exact) mass is 474 g/mol. The minimum atomic E-state index is -1.76. The molecule has 0 nitrogen and oxygen atoms in total. The van der Waals surface area contributed by atoms with Gasteiger partial charge in [0.25, 0.3) is 0 Å². The molecule has 0 radical (unpaired) electrons. The van der Waals surface area contributed by atoms with Gasteiger partial charge < -0.3 is 0 Å². The molecule has 0 fully saturated rings. The van der Waals surface area contributed by atoms with Crippen LogP contribution in [-0.4, -0.2) is 3.71 Å². The molecule has 0 spiro atoms. The standard InChI is InChI=1S/2C11H11.C2H4.2ClH.Zr/c2*1-8-3-4-10-6-9(2)7-11(10)5-8;1-2;;;/h2*3-7H,1-2H3;1H,2H3;2*1H;/q2*-1;;;;+2/p-2. The SMILES string of the molecule is C[CH]=[Zr]([Cl])[Cl].Cc1ccc2[cH-]c(C)cc2c1.Cc1ccc2[cH-]c(C)cc2c1. The maximum Gasteiger partial charge on any atom is -0.0414 e. The van der Waals surface area contributed by atoms with Crippen molar-refractivity contribution < 1.29 is 18.9 Å². The molecule has 0 aromatic heterocycles. The molecule has 0 bridgehead atoms. The van der Waals surface area contributed by atoms with Crippen LogP contribution in [0.1, 0.15) is 29.2 Å². The summed E-state index contributed by atoms with van der Waals surface area (Å²) in [4.78, 5) is 0. The Morgan fingerprint density at radius 3 is 1.41 bits per heavy atom. The smallest absolute Gasteiger partial charge is 0.0414 e. The van der Waals surface area contributed by atoms with E-state index in [-0.39, 0.29) is 0 Å². The molecule has 27 heavy (non-hydrogen) atoms. The minimum Gasteiger partial charge on any atom is -0.165 e. The first-order valence-electron chi connectivity index (χ1n) is 9.03. The van der Waals surface area contributed by atoms with Gasteiger partial charge in [0, 0.05) is 0 Å². The summed E-state index contributed by atoms with van der Waals surface area (Å²) >= 11 is -1.76. The number of benzene rings is 2. The van der Waals surface area contributed by atoms with Crippen molar-refractivity contribution in [2.75, 3.05) is 0 Å². The Bertz CT molecular complexity index is 969. The van der Waals surface area contributed by atoms with E-state index in [4.69, 9.17) is 17.0 Å². The molecule has 3 heteroatoms. The second-order valence-corrected chi connectivity index (χ2v) is 15.7. The Kier molecular flexibility index (Phi) is 8.68. The van der Waals surface area contributed by atoms with Crippen molar-refractivity contribution in [3.63, 3.8) is 0 Å². The Morgan fingerprint density at radius 1 is 0.704 bits per heavy atom. The normalized spacial score (nSPS) is 10.0. The van der Waals surface area contributed by atoms with Crippen molar-refractivity contribution in [1.29, 1.82) is 0 Å². The van der Waals surface area contributed by atoms with E-state index in [1.54, 1.807) is 0 Å². The zero-order valence-electron chi connectivity index (χ0n) is 16.6. The first kappa shape index (κ1) is 22.3. The third-order valence-electron chi connectivity index (χ3n) is 4.24. The van der Waals surface area contributed by atoms with Gasteiger partial charge in [0.2, 0.25) is 0 Å². The van der Waals surface area contributed by atoms with Crippen LogP contribution in [-0.2, 0) is 18.9 Å². The van der Waals surface area contributed by atoms with Gasteiger partial charge in [-0.15, -0.1) is 81.2 Å². The van der Waals surface area contributed by atoms with E-state index in [0.29, 0.717) is 0 Å². The summed E-state index contributed by atoms with van der Waals surface area (Å²) in [5.41, 5.74) is 5.38. The van der Waals surface area contributed by atoms with Crippen LogP contribution in [0, 0.1) is 27.7 Å². The fraction of sp³-hybridized carbons (Fsp3) is 0.208. The van der Waals surface area contributed by atoms with E-state index < -0.39 is 18.9 Å². The van der Waals surface area contributed by atoms with Gasteiger partial charge in [0.1, 0.15) is 0 Å². The fourth-order valence-corrected chi connectivity index (χ4v) is 2.97. The van der Waals surface area contributed by atoms with Gasteiger partial charge in [-0.1, -0.05) is 25.0 Å². The van der Waals surface area contributed by atoms with E-state index in [9.17, 15) is 0 Å². The quantitative estimate of drug-likeness (QED) is 0.225. The van der Waals surface area contributed by atoms with Gasteiger partial charge >= 0.3 is 46.5 Å². The van der Waals surface area contributed by atoms with Gasteiger partial charge in [0.15, 0.2) is 0 Å². The van der Waals surface area contributed by atoms with E-state index in [0.717, 1.165) is 0 Å².